The Bertz CT molecular complexity index is 366. The van der Waals surface area contributed by atoms with Crippen LogP contribution >= 0.6 is 11.6 Å². The lowest BCUT2D eigenvalue weighted by atomic mass is 10.00. The minimum absolute atomic E-state index is 0.171. The van der Waals surface area contributed by atoms with Gasteiger partial charge in [-0.3, -0.25) is 0 Å². The van der Waals surface area contributed by atoms with Gasteiger partial charge in [-0.25, -0.2) is 4.39 Å². The van der Waals surface area contributed by atoms with E-state index in [0.717, 1.165) is 19.4 Å². The van der Waals surface area contributed by atoms with Crippen LogP contribution in [-0.2, 0) is 4.74 Å². The predicted octanol–water partition coefficient (Wildman–Crippen LogP) is 3.05. The maximum atomic E-state index is 13.6. The quantitative estimate of drug-likeness (QED) is 0.886. The van der Waals surface area contributed by atoms with Crippen LogP contribution in [0.3, 0.4) is 0 Å². The fraction of sp³-hybridized carbons (Fsp3) is 0.500. The number of hydrogen-bond donors (Lipinski definition) is 1. The number of nitrogens with two attached hydrogens (primary N) is 1. The molecule has 16 heavy (non-hydrogen) atoms. The highest BCUT2D eigenvalue weighted by Gasteiger charge is 2.21. The van der Waals surface area contributed by atoms with Gasteiger partial charge < -0.3 is 10.5 Å². The van der Waals surface area contributed by atoms with Crippen LogP contribution in [0.2, 0.25) is 5.02 Å². The molecule has 1 saturated heterocycles. The molecule has 1 aromatic carbocycles. The van der Waals surface area contributed by atoms with Crippen molar-refractivity contribution in [2.24, 2.45) is 5.73 Å². The van der Waals surface area contributed by atoms with E-state index >= 15 is 0 Å². The minimum Gasteiger partial charge on any atom is -0.378 e. The first-order chi connectivity index (χ1) is 7.66. The standard InChI is InChI=1S/C12H15ClFNO/c13-8-3-4-10(11(14)6-8)12(15)7-9-2-1-5-16-9/h3-4,6,9,12H,1-2,5,7,15H2. The van der Waals surface area contributed by atoms with Crippen molar-refractivity contribution in [3.05, 3.63) is 34.6 Å². The summed E-state index contributed by atoms with van der Waals surface area (Å²) in [6.07, 6.45) is 2.92. The Labute approximate surface area is 99.5 Å². The maximum absolute atomic E-state index is 13.6. The van der Waals surface area contributed by atoms with E-state index in [4.69, 9.17) is 22.1 Å². The molecule has 2 rings (SSSR count). The van der Waals surface area contributed by atoms with Crippen LogP contribution in [0.1, 0.15) is 30.9 Å². The van der Waals surface area contributed by atoms with Gasteiger partial charge in [-0.1, -0.05) is 17.7 Å². The molecule has 0 spiro atoms. The molecule has 4 heteroatoms. The van der Waals surface area contributed by atoms with Crippen LogP contribution in [0.25, 0.3) is 0 Å². The zero-order chi connectivity index (χ0) is 11.5. The molecular formula is C12H15ClFNO. The number of benzene rings is 1. The third kappa shape index (κ3) is 2.73. The highest BCUT2D eigenvalue weighted by molar-refractivity contribution is 6.30. The first-order valence-electron chi connectivity index (χ1n) is 5.49. The fourth-order valence-electron chi connectivity index (χ4n) is 2.04. The summed E-state index contributed by atoms with van der Waals surface area (Å²) in [5.74, 6) is -0.335. The third-order valence-corrected chi connectivity index (χ3v) is 3.14. The van der Waals surface area contributed by atoms with E-state index < -0.39 is 0 Å². The second-order valence-electron chi connectivity index (χ2n) is 4.14. The van der Waals surface area contributed by atoms with Crippen molar-refractivity contribution in [1.82, 2.24) is 0 Å². The van der Waals surface area contributed by atoms with Gasteiger partial charge in [-0.2, -0.15) is 0 Å². The average Bonchev–Trinajstić information content (AvgIpc) is 2.70. The zero-order valence-electron chi connectivity index (χ0n) is 8.96. The second kappa shape index (κ2) is 5.13. The molecule has 0 aromatic heterocycles. The van der Waals surface area contributed by atoms with E-state index in [0.29, 0.717) is 17.0 Å². The zero-order valence-corrected chi connectivity index (χ0v) is 9.71. The topological polar surface area (TPSA) is 35.2 Å². The molecule has 88 valence electrons. The monoisotopic (exact) mass is 243 g/mol. The van der Waals surface area contributed by atoms with Crippen molar-refractivity contribution in [1.29, 1.82) is 0 Å². The molecule has 0 bridgehead atoms. The molecule has 0 aliphatic carbocycles. The summed E-state index contributed by atoms with van der Waals surface area (Å²) in [4.78, 5) is 0. The van der Waals surface area contributed by atoms with Gasteiger partial charge in [-0.15, -0.1) is 0 Å². The molecule has 2 N–H and O–H groups in total. The molecule has 2 unspecified atom stereocenters. The Morgan fingerprint density at radius 1 is 1.56 bits per heavy atom. The average molecular weight is 244 g/mol. The fourth-order valence-corrected chi connectivity index (χ4v) is 2.20. The Morgan fingerprint density at radius 3 is 3.00 bits per heavy atom. The molecule has 1 aliphatic rings. The number of ether oxygens (including phenoxy) is 1. The van der Waals surface area contributed by atoms with Crippen LogP contribution in [0.15, 0.2) is 18.2 Å². The van der Waals surface area contributed by atoms with Crippen molar-refractivity contribution in [3.8, 4) is 0 Å². The predicted molar refractivity (Wildman–Crippen MR) is 61.9 cm³/mol. The molecule has 2 atom stereocenters. The highest BCUT2D eigenvalue weighted by atomic mass is 35.5. The summed E-state index contributed by atoms with van der Waals surface area (Å²) >= 11 is 5.69. The second-order valence-corrected chi connectivity index (χ2v) is 4.58. The lowest BCUT2D eigenvalue weighted by Crippen LogP contribution is -2.19. The third-order valence-electron chi connectivity index (χ3n) is 2.90. The van der Waals surface area contributed by atoms with Crippen LogP contribution in [-0.4, -0.2) is 12.7 Å². The van der Waals surface area contributed by atoms with E-state index in [1.807, 2.05) is 0 Å². The lowest BCUT2D eigenvalue weighted by Gasteiger charge is -2.17. The van der Waals surface area contributed by atoms with E-state index in [1.165, 1.54) is 6.07 Å². The summed E-state index contributed by atoms with van der Waals surface area (Å²) < 4.78 is 19.0. The van der Waals surface area contributed by atoms with Gasteiger partial charge in [0.15, 0.2) is 0 Å². The van der Waals surface area contributed by atoms with Crippen molar-refractivity contribution >= 4 is 11.6 Å². The molecule has 1 aromatic rings. The first kappa shape index (κ1) is 11.8. The number of hydrogen-bond acceptors (Lipinski definition) is 2. The molecule has 0 radical (unpaired) electrons. The first-order valence-corrected chi connectivity index (χ1v) is 5.87. The SMILES string of the molecule is NC(CC1CCCO1)c1ccc(Cl)cc1F. The molecular weight excluding hydrogens is 229 g/mol. The van der Waals surface area contributed by atoms with Gasteiger partial charge in [0.1, 0.15) is 5.82 Å². The summed E-state index contributed by atoms with van der Waals surface area (Å²) in [5, 5.41) is 0.394. The smallest absolute Gasteiger partial charge is 0.129 e. The van der Waals surface area contributed by atoms with Crippen molar-refractivity contribution < 1.29 is 9.13 Å². The van der Waals surface area contributed by atoms with E-state index in [9.17, 15) is 4.39 Å². The number of halogens is 2. The highest BCUT2D eigenvalue weighted by Crippen LogP contribution is 2.26. The van der Waals surface area contributed by atoms with Crippen LogP contribution in [0.4, 0.5) is 4.39 Å². The van der Waals surface area contributed by atoms with Gasteiger partial charge in [0, 0.05) is 23.2 Å². The van der Waals surface area contributed by atoms with Crippen LogP contribution in [0.5, 0.6) is 0 Å². The molecule has 0 amide bonds. The summed E-state index contributed by atoms with van der Waals surface area (Å²) in [5.41, 5.74) is 6.48. The van der Waals surface area contributed by atoms with Gasteiger partial charge >= 0.3 is 0 Å². The van der Waals surface area contributed by atoms with Gasteiger partial charge in [0.2, 0.25) is 0 Å². The Balaban J connectivity index is 2.04. The normalized spacial score (nSPS) is 22.3. The summed E-state index contributed by atoms with van der Waals surface area (Å²) in [6, 6.07) is 4.29. The number of rotatable bonds is 3. The minimum atomic E-state index is -0.335. The Hall–Kier alpha value is -0.640. The lowest BCUT2D eigenvalue weighted by molar-refractivity contribution is 0.0980. The van der Waals surface area contributed by atoms with Crippen LogP contribution in [0, 0.1) is 5.82 Å². The van der Waals surface area contributed by atoms with E-state index in [-0.39, 0.29) is 18.0 Å². The van der Waals surface area contributed by atoms with Crippen molar-refractivity contribution in [2.45, 2.75) is 31.4 Å². The van der Waals surface area contributed by atoms with Crippen molar-refractivity contribution in [3.63, 3.8) is 0 Å². The molecule has 1 aliphatic heterocycles. The summed E-state index contributed by atoms with van der Waals surface area (Å²) in [6.45, 7) is 0.792. The Morgan fingerprint density at radius 2 is 2.38 bits per heavy atom. The van der Waals surface area contributed by atoms with E-state index in [2.05, 4.69) is 0 Å². The van der Waals surface area contributed by atoms with Gasteiger partial charge in [0.05, 0.1) is 6.10 Å². The Kier molecular flexibility index (Phi) is 3.79. The van der Waals surface area contributed by atoms with Crippen molar-refractivity contribution in [2.75, 3.05) is 6.61 Å². The molecule has 1 heterocycles. The maximum Gasteiger partial charge on any atom is 0.129 e. The van der Waals surface area contributed by atoms with Gasteiger partial charge in [0.25, 0.3) is 0 Å². The molecule has 1 fully saturated rings. The largest absolute Gasteiger partial charge is 0.378 e. The molecule has 2 nitrogen and oxygen atoms in total. The molecule has 0 saturated carbocycles. The van der Waals surface area contributed by atoms with E-state index in [1.54, 1.807) is 12.1 Å². The van der Waals surface area contributed by atoms with Gasteiger partial charge in [-0.05, 0) is 31.4 Å². The summed E-state index contributed by atoms with van der Waals surface area (Å²) in [7, 11) is 0. The van der Waals surface area contributed by atoms with Crippen LogP contribution < -0.4 is 5.73 Å².